The van der Waals surface area contributed by atoms with E-state index in [0.717, 1.165) is 12.5 Å². The summed E-state index contributed by atoms with van der Waals surface area (Å²) < 4.78 is 0. The number of nitrogens with one attached hydrogen (secondary N) is 1. The van der Waals surface area contributed by atoms with Crippen LogP contribution in [0.3, 0.4) is 0 Å². The van der Waals surface area contributed by atoms with E-state index in [1.165, 1.54) is 17.5 Å². The second-order valence-corrected chi connectivity index (χ2v) is 5.68. The number of hydrogen-bond acceptors (Lipinski definition) is 1. The van der Waals surface area contributed by atoms with Gasteiger partial charge >= 0.3 is 0 Å². The third kappa shape index (κ3) is 4.91. The Labute approximate surface area is 107 Å². The highest BCUT2D eigenvalue weighted by Gasteiger charge is 2.05. The van der Waals surface area contributed by atoms with Crippen molar-refractivity contribution >= 4 is 0 Å². The fraction of sp³-hybridized carbons (Fsp3) is 0.625. The molecule has 1 nitrogen and oxygen atoms in total. The van der Waals surface area contributed by atoms with E-state index in [0.29, 0.717) is 12.0 Å². The van der Waals surface area contributed by atoms with E-state index in [-0.39, 0.29) is 0 Å². The molecule has 1 unspecified atom stereocenters. The molecule has 0 aliphatic heterocycles. The van der Waals surface area contributed by atoms with Crippen molar-refractivity contribution in [3.63, 3.8) is 0 Å². The second-order valence-electron chi connectivity index (χ2n) is 5.68. The maximum atomic E-state index is 3.58. The van der Waals surface area contributed by atoms with Gasteiger partial charge in [-0.15, -0.1) is 0 Å². The molecule has 17 heavy (non-hydrogen) atoms. The molecule has 0 spiro atoms. The van der Waals surface area contributed by atoms with Crippen molar-refractivity contribution < 1.29 is 0 Å². The Bertz CT molecular complexity index is 311. The van der Waals surface area contributed by atoms with Crippen molar-refractivity contribution in [2.75, 3.05) is 6.54 Å². The SMILES string of the molecule is CC(C)CCNC(C)c1ccc(C(C)C)cc1. The molecule has 1 aromatic carbocycles. The third-order valence-electron chi connectivity index (χ3n) is 3.28. The smallest absolute Gasteiger partial charge is 0.0291 e. The molecule has 96 valence electrons. The minimum atomic E-state index is 0.454. The Morgan fingerprint density at radius 2 is 1.41 bits per heavy atom. The van der Waals surface area contributed by atoms with Gasteiger partial charge in [0.2, 0.25) is 0 Å². The lowest BCUT2D eigenvalue weighted by Gasteiger charge is -2.16. The zero-order chi connectivity index (χ0) is 12.8. The van der Waals surface area contributed by atoms with Crippen molar-refractivity contribution in [2.24, 2.45) is 5.92 Å². The molecule has 1 N–H and O–H groups in total. The summed E-state index contributed by atoms with van der Waals surface area (Å²) in [5.41, 5.74) is 2.81. The quantitative estimate of drug-likeness (QED) is 0.762. The molecule has 0 fully saturated rings. The van der Waals surface area contributed by atoms with Crippen LogP contribution >= 0.6 is 0 Å². The van der Waals surface area contributed by atoms with E-state index in [2.05, 4.69) is 64.2 Å². The van der Waals surface area contributed by atoms with Gasteiger partial charge in [0.15, 0.2) is 0 Å². The van der Waals surface area contributed by atoms with Crippen LogP contribution in [0.5, 0.6) is 0 Å². The van der Waals surface area contributed by atoms with Crippen LogP contribution in [0.25, 0.3) is 0 Å². The van der Waals surface area contributed by atoms with Crippen LogP contribution in [0, 0.1) is 5.92 Å². The first kappa shape index (κ1) is 14.2. The van der Waals surface area contributed by atoms with E-state index in [1.54, 1.807) is 0 Å². The van der Waals surface area contributed by atoms with Gasteiger partial charge in [-0.3, -0.25) is 0 Å². The first-order chi connectivity index (χ1) is 8.00. The normalized spacial score (nSPS) is 13.4. The Morgan fingerprint density at radius 1 is 0.882 bits per heavy atom. The van der Waals surface area contributed by atoms with Crippen molar-refractivity contribution in [3.8, 4) is 0 Å². The molecule has 0 bridgehead atoms. The molecule has 0 amide bonds. The first-order valence-corrected chi connectivity index (χ1v) is 6.84. The molecular formula is C16H27N. The highest BCUT2D eigenvalue weighted by molar-refractivity contribution is 5.26. The molecule has 0 heterocycles. The predicted octanol–water partition coefficient (Wildman–Crippen LogP) is 4.51. The Balaban J connectivity index is 2.48. The van der Waals surface area contributed by atoms with Crippen molar-refractivity contribution in [2.45, 2.75) is 53.0 Å². The van der Waals surface area contributed by atoms with Crippen LogP contribution < -0.4 is 5.32 Å². The minimum Gasteiger partial charge on any atom is -0.310 e. The summed E-state index contributed by atoms with van der Waals surface area (Å²) in [6.07, 6.45) is 1.24. The molecule has 1 atom stereocenters. The first-order valence-electron chi connectivity index (χ1n) is 6.84. The van der Waals surface area contributed by atoms with E-state index in [9.17, 15) is 0 Å². The van der Waals surface area contributed by atoms with Gasteiger partial charge in [0.1, 0.15) is 0 Å². The maximum Gasteiger partial charge on any atom is 0.0291 e. The van der Waals surface area contributed by atoms with Gasteiger partial charge in [-0.1, -0.05) is 52.0 Å². The Kier molecular flexibility index (Phi) is 5.70. The number of hydrogen-bond donors (Lipinski definition) is 1. The van der Waals surface area contributed by atoms with Crippen molar-refractivity contribution in [3.05, 3.63) is 35.4 Å². The highest BCUT2D eigenvalue weighted by Crippen LogP contribution is 2.18. The van der Waals surface area contributed by atoms with E-state index >= 15 is 0 Å². The Hall–Kier alpha value is -0.820. The molecule has 0 aliphatic carbocycles. The van der Waals surface area contributed by atoms with Gasteiger partial charge in [0, 0.05) is 6.04 Å². The maximum absolute atomic E-state index is 3.58. The summed E-state index contributed by atoms with van der Waals surface area (Å²) in [6, 6.07) is 9.46. The van der Waals surface area contributed by atoms with Crippen molar-refractivity contribution in [1.82, 2.24) is 5.32 Å². The summed E-state index contributed by atoms with van der Waals surface area (Å²) in [5.74, 6) is 1.39. The van der Waals surface area contributed by atoms with Crippen LogP contribution in [0.4, 0.5) is 0 Å². The van der Waals surface area contributed by atoms with Crippen LogP contribution in [0.2, 0.25) is 0 Å². The monoisotopic (exact) mass is 233 g/mol. The lowest BCUT2D eigenvalue weighted by molar-refractivity contribution is 0.497. The summed E-state index contributed by atoms with van der Waals surface area (Å²) in [4.78, 5) is 0. The second kappa shape index (κ2) is 6.80. The number of benzene rings is 1. The van der Waals surface area contributed by atoms with Gasteiger partial charge in [0.25, 0.3) is 0 Å². The average molecular weight is 233 g/mol. The number of rotatable bonds is 6. The van der Waals surface area contributed by atoms with Gasteiger partial charge in [-0.05, 0) is 42.9 Å². The summed E-state index contributed by atoms with van der Waals surface area (Å²) in [7, 11) is 0. The van der Waals surface area contributed by atoms with E-state index < -0.39 is 0 Å². The van der Waals surface area contributed by atoms with Crippen LogP contribution in [-0.2, 0) is 0 Å². The molecule has 0 aliphatic rings. The lowest BCUT2D eigenvalue weighted by atomic mass is 9.99. The third-order valence-corrected chi connectivity index (χ3v) is 3.28. The van der Waals surface area contributed by atoms with Crippen molar-refractivity contribution in [1.29, 1.82) is 0 Å². The predicted molar refractivity (Wildman–Crippen MR) is 76.4 cm³/mol. The zero-order valence-corrected chi connectivity index (χ0v) is 12.0. The topological polar surface area (TPSA) is 12.0 Å². The molecule has 0 radical (unpaired) electrons. The average Bonchev–Trinajstić information content (AvgIpc) is 2.28. The summed E-state index contributed by atoms with van der Waals surface area (Å²) >= 11 is 0. The molecule has 1 aromatic rings. The van der Waals surface area contributed by atoms with Gasteiger partial charge in [0.05, 0.1) is 0 Å². The largest absolute Gasteiger partial charge is 0.310 e. The lowest BCUT2D eigenvalue weighted by Crippen LogP contribution is -2.20. The summed E-state index contributed by atoms with van der Waals surface area (Å²) in [5, 5.41) is 3.58. The molecule has 0 saturated heterocycles. The molecule has 0 saturated carbocycles. The van der Waals surface area contributed by atoms with Gasteiger partial charge in [-0.2, -0.15) is 0 Å². The molecule has 1 heteroatoms. The summed E-state index contributed by atoms with van der Waals surface area (Å²) in [6.45, 7) is 12.3. The fourth-order valence-corrected chi connectivity index (χ4v) is 1.88. The van der Waals surface area contributed by atoms with Gasteiger partial charge < -0.3 is 5.32 Å². The standard InChI is InChI=1S/C16H27N/c1-12(2)10-11-17-14(5)16-8-6-15(7-9-16)13(3)4/h6-9,12-14,17H,10-11H2,1-5H3. The Morgan fingerprint density at radius 3 is 1.88 bits per heavy atom. The minimum absolute atomic E-state index is 0.454. The molecule has 1 rings (SSSR count). The van der Waals surface area contributed by atoms with Crippen LogP contribution in [0.15, 0.2) is 24.3 Å². The van der Waals surface area contributed by atoms with E-state index in [4.69, 9.17) is 0 Å². The van der Waals surface area contributed by atoms with Gasteiger partial charge in [-0.25, -0.2) is 0 Å². The van der Waals surface area contributed by atoms with E-state index in [1.807, 2.05) is 0 Å². The van der Waals surface area contributed by atoms with Crippen LogP contribution in [-0.4, -0.2) is 6.54 Å². The van der Waals surface area contributed by atoms with Crippen LogP contribution in [0.1, 0.15) is 64.1 Å². The highest BCUT2D eigenvalue weighted by atomic mass is 14.9. The fourth-order valence-electron chi connectivity index (χ4n) is 1.88. The zero-order valence-electron chi connectivity index (χ0n) is 12.0. The molecule has 0 aromatic heterocycles. The molecular weight excluding hydrogens is 206 g/mol.